The molecule has 2 aromatic carbocycles. The summed E-state index contributed by atoms with van der Waals surface area (Å²) in [5, 5.41) is 1.09. The van der Waals surface area contributed by atoms with E-state index in [9.17, 15) is 13.2 Å². The second-order valence-electron chi connectivity index (χ2n) is 16.6. The molecule has 4 fully saturated rings. The molecule has 1 N–H and O–H groups in total. The fourth-order valence-electron chi connectivity index (χ4n) is 10.8. The molecule has 3 aromatic rings. The highest BCUT2D eigenvalue weighted by Crippen LogP contribution is 2.66. The van der Waals surface area contributed by atoms with Crippen molar-refractivity contribution in [1.29, 1.82) is 0 Å². The normalized spacial score (nSPS) is 30.2. The number of nitrogens with one attached hydrogen (secondary N) is 1. The van der Waals surface area contributed by atoms with Crippen molar-refractivity contribution in [3.63, 3.8) is 0 Å². The number of aromatic nitrogens is 1. The highest BCUT2D eigenvalue weighted by atomic mass is 32.2. The first kappa shape index (κ1) is 31.9. The smallest absolute Gasteiger partial charge is 0.264 e. The Balaban J connectivity index is 1.31. The van der Waals surface area contributed by atoms with Gasteiger partial charge in [0.05, 0.1) is 24.5 Å². The second kappa shape index (κ2) is 10.8. The molecule has 0 radical (unpaired) electrons. The first-order chi connectivity index (χ1) is 22.7. The number of fused-ring (bicyclic) bond motifs is 9. The number of hydrogen-bond donors (Lipinski definition) is 1. The summed E-state index contributed by atoms with van der Waals surface area (Å²) < 4.78 is 34.3. The molecule has 48 heavy (non-hydrogen) atoms. The van der Waals surface area contributed by atoms with Crippen molar-refractivity contribution < 1.29 is 22.7 Å². The van der Waals surface area contributed by atoms with Crippen molar-refractivity contribution in [2.75, 3.05) is 46.6 Å². The van der Waals surface area contributed by atoms with Crippen molar-refractivity contribution in [1.82, 2.24) is 19.1 Å². The summed E-state index contributed by atoms with van der Waals surface area (Å²) in [5.41, 5.74) is 5.42. The SMILES string of the molecule is COc1ccc2c(c1)C1CC1(C(=O)N1CC3(C)CN(C)CC(C)(C1)C3)Cn1c-2c(C2CCCCC2)c2ccc(C(=O)NS(C)(=O)=O)cc21. The number of likely N-dealkylation sites (tertiary alicyclic amines) is 2. The number of benzene rings is 2. The van der Waals surface area contributed by atoms with E-state index in [0.29, 0.717) is 18.0 Å². The summed E-state index contributed by atoms with van der Waals surface area (Å²) in [6.45, 7) is 8.68. The molecular weight excluding hydrogens is 625 g/mol. The number of methoxy groups -OCH3 is 1. The van der Waals surface area contributed by atoms with Gasteiger partial charge >= 0.3 is 0 Å². The Morgan fingerprint density at radius 2 is 1.65 bits per heavy atom. The monoisotopic (exact) mass is 672 g/mol. The summed E-state index contributed by atoms with van der Waals surface area (Å²) in [4.78, 5) is 32.9. The minimum Gasteiger partial charge on any atom is -0.497 e. The van der Waals surface area contributed by atoms with E-state index in [1.165, 1.54) is 30.4 Å². The van der Waals surface area contributed by atoms with Crippen LogP contribution in [-0.4, -0.2) is 81.2 Å². The lowest BCUT2D eigenvalue weighted by atomic mass is 9.65. The highest BCUT2D eigenvalue weighted by molar-refractivity contribution is 7.89. The van der Waals surface area contributed by atoms with Crippen LogP contribution in [0.3, 0.4) is 0 Å². The van der Waals surface area contributed by atoms with Crippen molar-refractivity contribution in [3.05, 3.63) is 53.1 Å². The fraction of sp³-hybridized carbons (Fsp3) is 0.579. The van der Waals surface area contributed by atoms with Crippen molar-refractivity contribution in [2.45, 2.75) is 77.2 Å². The Kier molecular flexibility index (Phi) is 7.18. The summed E-state index contributed by atoms with van der Waals surface area (Å²) >= 11 is 0. The van der Waals surface area contributed by atoms with Gasteiger partial charge in [0, 0.05) is 60.7 Å². The Morgan fingerprint density at radius 1 is 0.938 bits per heavy atom. The third-order valence-electron chi connectivity index (χ3n) is 12.1. The molecule has 1 aromatic heterocycles. The third-order valence-corrected chi connectivity index (χ3v) is 12.6. The van der Waals surface area contributed by atoms with Gasteiger partial charge in [-0.15, -0.1) is 0 Å². The molecule has 10 heteroatoms. The van der Waals surface area contributed by atoms with Crippen LogP contribution in [0.15, 0.2) is 36.4 Å². The van der Waals surface area contributed by atoms with Crippen LogP contribution in [0.25, 0.3) is 22.2 Å². The molecule has 2 saturated carbocycles. The second-order valence-corrected chi connectivity index (χ2v) is 18.4. The Labute approximate surface area is 284 Å². The predicted molar refractivity (Wildman–Crippen MR) is 187 cm³/mol. The molecule has 2 amide bonds. The van der Waals surface area contributed by atoms with E-state index >= 15 is 4.79 Å². The average molecular weight is 673 g/mol. The van der Waals surface area contributed by atoms with Crippen LogP contribution in [0.5, 0.6) is 5.75 Å². The van der Waals surface area contributed by atoms with Crippen molar-refractivity contribution >= 4 is 32.7 Å². The van der Waals surface area contributed by atoms with Gasteiger partial charge in [-0.1, -0.05) is 39.2 Å². The van der Waals surface area contributed by atoms with Gasteiger partial charge in [-0.3, -0.25) is 9.59 Å². The number of nitrogens with zero attached hydrogens (tertiary/aromatic N) is 3. The number of rotatable bonds is 5. The largest absolute Gasteiger partial charge is 0.497 e. The first-order valence-electron chi connectivity index (χ1n) is 17.6. The van der Waals surface area contributed by atoms with Crippen molar-refractivity contribution in [3.8, 4) is 17.0 Å². The van der Waals surface area contributed by atoms with Crippen LogP contribution < -0.4 is 9.46 Å². The topological polar surface area (TPSA) is 101 Å². The highest BCUT2D eigenvalue weighted by Gasteiger charge is 2.65. The van der Waals surface area contributed by atoms with Crippen LogP contribution >= 0.6 is 0 Å². The van der Waals surface area contributed by atoms with Gasteiger partial charge in [-0.25, -0.2) is 13.1 Å². The Bertz CT molecular complexity index is 1940. The molecule has 4 heterocycles. The maximum Gasteiger partial charge on any atom is 0.264 e. The molecule has 2 aliphatic carbocycles. The van der Waals surface area contributed by atoms with Gasteiger partial charge in [0.25, 0.3) is 5.91 Å². The maximum atomic E-state index is 15.2. The summed E-state index contributed by atoms with van der Waals surface area (Å²) in [5.74, 6) is 0.812. The molecule has 9 nitrogen and oxygen atoms in total. The number of ether oxygens (including phenoxy) is 1. The zero-order chi connectivity index (χ0) is 33.8. The summed E-state index contributed by atoms with van der Waals surface area (Å²) in [6, 6.07) is 11.9. The molecule has 8 rings (SSSR count). The average Bonchev–Trinajstić information content (AvgIpc) is 3.68. The van der Waals surface area contributed by atoms with E-state index in [1.54, 1.807) is 13.2 Å². The molecule has 2 bridgehead atoms. The van der Waals surface area contributed by atoms with E-state index in [1.807, 2.05) is 18.2 Å². The molecular formula is C38H48N4O5S. The predicted octanol–water partition coefficient (Wildman–Crippen LogP) is 5.73. The molecule has 2 saturated heterocycles. The van der Waals surface area contributed by atoms with Crippen LogP contribution in [0.1, 0.15) is 92.1 Å². The molecule has 5 aliphatic rings. The van der Waals surface area contributed by atoms with Gasteiger partial charge in [0.1, 0.15) is 5.75 Å². The molecule has 3 aliphatic heterocycles. The summed E-state index contributed by atoms with van der Waals surface area (Å²) in [7, 11) is 0.163. The fourth-order valence-corrected chi connectivity index (χ4v) is 11.3. The van der Waals surface area contributed by atoms with Crippen LogP contribution in [0.4, 0.5) is 0 Å². The number of carbonyl (C=O) groups is 2. The number of amides is 2. The number of hydrogen-bond acceptors (Lipinski definition) is 6. The zero-order valence-corrected chi connectivity index (χ0v) is 29.7. The number of sulfonamides is 1. The molecule has 256 valence electrons. The van der Waals surface area contributed by atoms with E-state index in [4.69, 9.17) is 4.74 Å². The van der Waals surface area contributed by atoms with Gasteiger partial charge in [0.2, 0.25) is 15.9 Å². The van der Waals surface area contributed by atoms with E-state index in [0.717, 1.165) is 86.0 Å². The van der Waals surface area contributed by atoms with E-state index < -0.39 is 21.3 Å². The number of carbonyl (C=O) groups excluding carboxylic acids is 2. The number of piperidine rings is 2. The minimum atomic E-state index is -3.73. The lowest BCUT2D eigenvalue weighted by molar-refractivity contribution is -0.150. The van der Waals surface area contributed by atoms with E-state index in [-0.39, 0.29) is 22.7 Å². The molecule has 4 unspecified atom stereocenters. The van der Waals surface area contributed by atoms with Gasteiger partial charge in [0.15, 0.2) is 0 Å². The third kappa shape index (κ3) is 5.16. The van der Waals surface area contributed by atoms with Gasteiger partial charge in [-0.05, 0) is 90.9 Å². The lowest BCUT2D eigenvalue weighted by Crippen LogP contribution is -2.63. The Morgan fingerprint density at radius 3 is 2.31 bits per heavy atom. The standard InChI is InChI=1S/C38H48N4O5S/c1-36-18-37(2,20-40(3)19-36)22-41(21-36)35(44)38-17-30(38)29-16-26(47-4)12-14-27(29)33-32(24-9-7-6-8-10-24)28-13-11-25(15-31(28)42(33)23-38)34(43)39-48(5,45)46/h11-16,24,30H,6-10,17-23H2,1-5H3,(H,39,43). The maximum absolute atomic E-state index is 15.2. The summed E-state index contributed by atoms with van der Waals surface area (Å²) in [6.07, 6.45) is 8.66. The molecule has 0 spiro atoms. The van der Waals surface area contributed by atoms with Crippen LogP contribution in [-0.2, 0) is 21.4 Å². The Hall–Kier alpha value is -3.37. The lowest BCUT2D eigenvalue weighted by Gasteiger charge is -2.56. The zero-order valence-electron chi connectivity index (χ0n) is 28.9. The van der Waals surface area contributed by atoms with Crippen LogP contribution in [0, 0.1) is 16.2 Å². The minimum absolute atomic E-state index is 0.0455. The van der Waals surface area contributed by atoms with Crippen LogP contribution in [0.2, 0.25) is 0 Å². The molecule has 4 atom stereocenters. The van der Waals surface area contributed by atoms with Gasteiger partial charge in [-0.2, -0.15) is 0 Å². The van der Waals surface area contributed by atoms with Gasteiger partial charge < -0.3 is 19.1 Å². The van der Waals surface area contributed by atoms with Crippen molar-refractivity contribution in [2.24, 2.45) is 16.2 Å². The first-order valence-corrected chi connectivity index (χ1v) is 19.5. The quantitative estimate of drug-likeness (QED) is 0.372. The van der Waals surface area contributed by atoms with E-state index in [2.05, 4.69) is 52.1 Å².